The fraction of sp³-hybridized carbons (Fsp3) is 0.364. The maximum atomic E-state index is 13.3. The van der Waals surface area contributed by atoms with Crippen molar-refractivity contribution in [1.29, 1.82) is 0 Å². The number of anilines is 1. The lowest BCUT2D eigenvalue weighted by Gasteiger charge is -2.20. The van der Waals surface area contributed by atoms with Crippen LogP contribution in [0.3, 0.4) is 0 Å². The summed E-state index contributed by atoms with van der Waals surface area (Å²) in [5.74, 6) is -1.97. The van der Waals surface area contributed by atoms with Gasteiger partial charge in [-0.1, -0.05) is 25.0 Å². The number of ether oxygens (including phenoxy) is 1. The van der Waals surface area contributed by atoms with Crippen molar-refractivity contribution in [3.05, 3.63) is 59.9 Å². The van der Waals surface area contributed by atoms with E-state index >= 15 is 0 Å². The lowest BCUT2D eigenvalue weighted by molar-refractivity contribution is -0.123. The molecule has 1 unspecified atom stereocenters. The second kappa shape index (κ2) is 10.0. The van der Waals surface area contributed by atoms with Gasteiger partial charge < -0.3 is 10.1 Å². The minimum atomic E-state index is -3.72. The van der Waals surface area contributed by atoms with Crippen LogP contribution in [-0.2, 0) is 19.6 Å². The van der Waals surface area contributed by atoms with Crippen LogP contribution in [0.15, 0.2) is 53.4 Å². The van der Waals surface area contributed by atoms with Crippen LogP contribution in [0.4, 0.5) is 10.1 Å². The molecule has 7 nitrogen and oxygen atoms in total. The van der Waals surface area contributed by atoms with Gasteiger partial charge in [0, 0.05) is 18.8 Å². The Bertz CT molecular complexity index is 1050. The minimum absolute atomic E-state index is 0.0146. The fourth-order valence-electron chi connectivity index (χ4n) is 3.31. The monoisotopic (exact) mass is 448 g/mol. The van der Waals surface area contributed by atoms with Crippen LogP contribution >= 0.6 is 0 Å². The molecular formula is C22H25FN2O5S. The SMILES string of the molecule is CC(OC(=O)c1cccc(S(=O)(=O)N2CCCCCC2)c1)C(=O)Nc1cccc(F)c1. The van der Waals surface area contributed by atoms with Crippen LogP contribution in [0, 0.1) is 5.82 Å². The molecular weight excluding hydrogens is 423 g/mol. The molecule has 166 valence electrons. The summed E-state index contributed by atoms with van der Waals surface area (Å²) in [7, 11) is -3.72. The van der Waals surface area contributed by atoms with Crippen molar-refractivity contribution in [3.8, 4) is 0 Å². The van der Waals surface area contributed by atoms with Gasteiger partial charge in [-0.3, -0.25) is 4.79 Å². The van der Waals surface area contributed by atoms with Crippen LogP contribution in [0.2, 0.25) is 0 Å². The molecule has 1 atom stereocenters. The van der Waals surface area contributed by atoms with Gasteiger partial charge in [-0.15, -0.1) is 0 Å². The van der Waals surface area contributed by atoms with Gasteiger partial charge in [-0.2, -0.15) is 4.31 Å². The number of sulfonamides is 1. The van der Waals surface area contributed by atoms with E-state index in [4.69, 9.17) is 4.74 Å². The smallest absolute Gasteiger partial charge is 0.338 e. The molecule has 0 spiro atoms. The molecule has 31 heavy (non-hydrogen) atoms. The van der Waals surface area contributed by atoms with Gasteiger partial charge in [0.05, 0.1) is 10.5 Å². The molecule has 1 saturated heterocycles. The van der Waals surface area contributed by atoms with Crippen LogP contribution in [-0.4, -0.2) is 43.8 Å². The first-order valence-corrected chi connectivity index (χ1v) is 11.6. The van der Waals surface area contributed by atoms with Crippen LogP contribution in [0.25, 0.3) is 0 Å². The number of rotatable bonds is 6. The maximum absolute atomic E-state index is 13.3. The first kappa shape index (κ1) is 22.9. The topological polar surface area (TPSA) is 92.8 Å². The average Bonchev–Trinajstić information content (AvgIpc) is 3.04. The average molecular weight is 449 g/mol. The van der Waals surface area contributed by atoms with Crippen molar-refractivity contribution in [2.24, 2.45) is 0 Å². The summed E-state index contributed by atoms with van der Waals surface area (Å²) in [6.07, 6.45) is 2.43. The van der Waals surface area contributed by atoms with E-state index in [1.165, 1.54) is 53.7 Å². The third kappa shape index (κ3) is 5.89. The predicted molar refractivity (Wildman–Crippen MR) is 114 cm³/mol. The van der Waals surface area contributed by atoms with Crippen molar-refractivity contribution in [2.75, 3.05) is 18.4 Å². The van der Waals surface area contributed by atoms with Crippen molar-refractivity contribution in [2.45, 2.75) is 43.6 Å². The number of nitrogens with one attached hydrogen (secondary N) is 1. The molecule has 1 heterocycles. The highest BCUT2D eigenvalue weighted by Crippen LogP contribution is 2.21. The Morgan fingerprint density at radius 2 is 1.71 bits per heavy atom. The minimum Gasteiger partial charge on any atom is -0.449 e. The number of halogens is 1. The van der Waals surface area contributed by atoms with Crippen molar-refractivity contribution >= 4 is 27.6 Å². The zero-order valence-electron chi connectivity index (χ0n) is 17.2. The van der Waals surface area contributed by atoms with E-state index in [-0.39, 0.29) is 16.1 Å². The number of carbonyl (C=O) groups excluding carboxylic acids is 2. The summed E-state index contributed by atoms with van der Waals surface area (Å²) in [5, 5.41) is 2.47. The lowest BCUT2D eigenvalue weighted by atomic mass is 10.2. The number of amides is 1. The molecule has 1 aliphatic rings. The molecule has 1 aliphatic heterocycles. The summed E-state index contributed by atoms with van der Waals surface area (Å²) in [6.45, 7) is 2.28. The second-order valence-corrected chi connectivity index (χ2v) is 9.33. The van der Waals surface area contributed by atoms with Gasteiger partial charge >= 0.3 is 5.97 Å². The molecule has 2 aromatic rings. The predicted octanol–water partition coefficient (Wildman–Crippen LogP) is 3.57. The van der Waals surface area contributed by atoms with Crippen LogP contribution in [0.5, 0.6) is 0 Å². The molecule has 9 heteroatoms. The third-order valence-electron chi connectivity index (χ3n) is 5.02. The molecule has 0 aliphatic carbocycles. The first-order valence-electron chi connectivity index (χ1n) is 10.1. The third-order valence-corrected chi connectivity index (χ3v) is 6.91. The van der Waals surface area contributed by atoms with Crippen LogP contribution in [0.1, 0.15) is 43.0 Å². The molecule has 1 N–H and O–H groups in total. The zero-order chi connectivity index (χ0) is 22.4. The Labute approximate surface area is 181 Å². The van der Waals surface area contributed by atoms with Gasteiger partial charge in [-0.25, -0.2) is 17.6 Å². The van der Waals surface area contributed by atoms with Gasteiger partial charge in [0.15, 0.2) is 6.10 Å². The zero-order valence-corrected chi connectivity index (χ0v) is 18.0. The van der Waals surface area contributed by atoms with E-state index in [2.05, 4.69) is 5.32 Å². The number of benzene rings is 2. The van der Waals surface area contributed by atoms with E-state index in [9.17, 15) is 22.4 Å². The molecule has 0 aromatic heterocycles. The standard InChI is InChI=1S/C22H25FN2O5S/c1-16(21(26)24-19-10-7-9-18(23)15-19)30-22(27)17-8-6-11-20(14-17)31(28,29)25-12-4-2-3-5-13-25/h6-11,14-16H,2-5,12-13H2,1H3,(H,24,26). The number of carbonyl (C=O) groups is 2. The van der Waals surface area contributed by atoms with E-state index in [0.29, 0.717) is 13.1 Å². The summed E-state index contributed by atoms with van der Waals surface area (Å²) >= 11 is 0. The fourth-order valence-corrected chi connectivity index (χ4v) is 4.87. The number of nitrogens with zero attached hydrogens (tertiary/aromatic N) is 1. The normalized spacial score (nSPS) is 16.2. The maximum Gasteiger partial charge on any atom is 0.338 e. The second-order valence-electron chi connectivity index (χ2n) is 7.39. The molecule has 3 rings (SSSR count). The van der Waals surface area contributed by atoms with Gasteiger partial charge in [0.1, 0.15) is 5.82 Å². The Balaban J connectivity index is 1.68. The van der Waals surface area contributed by atoms with E-state index in [0.717, 1.165) is 31.7 Å². The number of esters is 1. The Kier molecular flexibility index (Phi) is 7.40. The van der Waals surface area contributed by atoms with Gasteiger partial charge in [0.2, 0.25) is 10.0 Å². The number of hydrogen-bond acceptors (Lipinski definition) is 5. The van der Waals surface area contributed by atoms with Crippen LogP contribution < -0.4 is 5.32 Å². The van der Waals surface area contributed by atoms with E-state index < -0.39 is 33.8 Å². The lowest BCUT2D eigenvalue weighted by Crippen LogP contribution is -2.32. The van der Waals surface area contributed by atoms with E-state index in [1.807, 2.05) is 0 Å². The highest BCUT2D eigenvalue weighted by Gasteiger charge is 2.26. The van der Waals surface area contributed by atoms with Gasteiger partial charge in [0.25, 0.3) is 5.91 Å². The number of hydrogen-bond donors (Lipinski definition) is 1. The first-order chi connectivity index (χ1) is 14.8. The highest BCUT2D eigenvalue weighted by atomic mass is 32.2. The Hall–Kier alpha value is -2.78. The molecule has 2 aromatic carbocycles. The van der Waals surface area contributed by atoms with Gasteiger partial charge in [-0.05, 0) is 56.2 Å². The molecule has 1 fully saturated rings. The molecule has 0 saturated carbocycles. The molecule has 1 amide bonds. The highest BCUT2D eigenvalue weighted by molar-refractivity contribution is 7.89. The Morgan fingerprint density at radius 3 is 2.39 bits per heavy atom. The van der Waals surface area contributed by atoms with Crippen molar-refractivity contribution in [3.63, 3.8) is 0 Å². The summed E-state index contributed by atoms with van der Waals surface area (Å²) in [6, 6.07) is 10.9. The largest absolute Gasteiger partial charge is 0.449 e. The summed E-state index contributed by atoms with van der Waals surface area (Å²) < 4.78 is 45.8. The molecule has 0 bridgehead atoms. The van der Waals surface area contributed by atoms with Crippen molar-refractivity contribution in [1.82, 2.24) is 4.31 Å². The summed E-state index contributed by atoms with van der Waals surface area (Å²) in [4.78, 5) is 24.8. The van der Waals surface area contributed by atoms with Crippen molar-refractivity contribution < 1.29 is 27.1 Å². The summed E-state index contributed by atoms with van der Waals surface area (Å²) in [5.41, 5.74) is 0.264. The Morgan fingerprint density at radius 1 is 1.03 bits per heavy atom. The quantitative estimate of drug-likeness (QED) is 0.682. The van der Waals surface area contributed by atoms with E-state index in [1.54, 1.807) is 0 Å². The molecule has 0 radical (unpaired) electrons.